The lowest BCUT2D eigenvalue weighted by Crippen LogP contribution is -2.50. The van der Waals surface area contributed by atoms with Crippen LogP contribution in [0.15, 0.2) is 4.99 Å². The smallest absolute Gasteiger partial charge is 0.191 e. The van der Waals surface area contributed by atoms with Gasteiger partial charge in [-0.1, -0.05) is 6.92 Å². The van der Waals surface area contributed by atoms with Gasteiger partial charge in [0.15, 0.2) is 5.96 Å². The van der Waals surface area contributed by atoms with Crippen molar-refractivity contribution in [3.05, 3.63) is 0 Å². The average molecular weight is 457 g/mol. The summed E-state index contributed by atoms with van der Waals surface area (Å²) in [5, 5.41) is 6.94. The number of aliphatic imine (C=N–C) groups is 1. The van der Waals surface area contributed by atoms with Crippen molar-refractivity contribution in [2.45, 2.75) is 49.9 Å². The molecule has 0 radical (unpaired) electrons. The summed E-state index contributed by atoms with van der Waals surface area (Å²) in [6, 6.07) is 0. The number of nitrogens with one attached hydrogen (secondary N) is 2. The molecule has 2 N–H and O–H groups in total. The quantitative estimate of drug-likeness (QED) is 0.365. The maximum atomic E-state index is 5.82. The Labute approximate surface area is 162 Å². The second kappa shape index (κ2) is 10.3. The van der Waals surface area contributed by atoms with E-state index >= 15 is 0 Å². The zero-order valence-corrected chi connectivity index (χ0v) is 17.8. The molecule has 1 unspecified atom stereocenters. The van der Waals surface area contributed by atoms with E-state index in [-0.39, 0.29) is 34.3 Å². The molecule has 23 heavy (non-hydrogen) atoms. The topological polar surface area (TPSA) is 54.9 Å². The van der Waals surface area contributed by atoms with Gasteiger partial charge < -0.3 is 20.1 Å². The number of ether oxygens (including phenoxy) is 2. The molecule has 2 aliphatic rings. The first-order valence-electron chi connectivity index (χ1n) is 8.42. The van der Waals surface area contributed by atoms with E-state index in [2.05, 4.69) is 29.5 Å². The molecule has 0 bridgehead atoms. The van der Waals surface area contributed by atoms with Gasteiger partial charge in [-0.05, 0) is 38.4 Å². The van der Waals surface area contributed by atoms with E-state index in [1.807, 2.05) is 18.8 Å². The first-order valence-corrected chi connectivity index (χ1v) is 9.40. The van der Waals surface area contributed by atoms with Gasteiger partial charge in [0.05, 0.1) is 5.60 Å². The summed E-state index contributed by atoms with van der Waals surface area (Å²) in [4.78, 5) is 4.35. The van der Waals surface area contributed by atoms with Gasteiger partial charge >= 0.3 is 0 Å². The van der Waals surface area contributed by atoms with Gasteiger partial charge in [0.1, 0.15) is 0 Å². The third-order valence-corrected chi connectivity index (χ3v) is 6.04. The SMILES string of the molecule is CCSC1(CNC(=NC)NCC2(C)CCCO2)CCOCC1.I. The summed E-state index contributed by atoms with van der Waals surface area (Å²) >= 11 is 2.04. The van der Waals surface area contributed by atoms with Crippen molar-refractivity contribution in [3.8, 4) is 0 Å². The zero-order chi connectivity index (χ0) is 15.9. The van der Waals surface area contributed by atoms with E-state index in [0.717, 1.165) is 70.3 Å². The van der Waals surface area contributed by atoms with Gasteiger partial charge in [-0.25, -0.2) is 0 Å². The highest BCUT2D eigenvalue weighted by atomic mass is 127. The maximum absolute atomic E-state index is 5.82. The van der Waals surface area contributed by atoms with Gasteiger partial charge in [0.25, 0.3) is 0 Å². The number of nitrogens with zero attached hydrogens (tertiary/aromatic N) is 1. The van der Waals surface area contributed by atoms with Crippen molar-refractivity contribution in [3.63, 3.8) is 0 Å². The van der Waals surface area contributed by atoms with Crippen LogP contribution >= 0.6 is 35.7 Å². The molecular weight excluding hydrogens is 425 g/mol. The number of guanidine groups is 1. The van der Waals surface area contributed by atoms with Crippen LogP contribution < -0.4 is 10.6 Å². The Kier molecular flexibility index (Phi) is 9.55. The van der Waals surface area contributed by atoms with Crippen LogP contribution in [-0.4, -0.2) is 62.0 Å². The van der Waals surface area contributed by atoms with Gasteiger partial charge in [-0.2, -0.15) is 11.8 Å². The summed E-state index contributed by atoms with van der Waals surface area (Å²) in [6.45, 7) is 8.76. The second-order valence-electron chi connectivity index (χ2n) is 6.41. The van der Waals surface area contributed by atoms with E-state index < -0.39 is 0 Å². The fourth-order valence-corrected chi connectivity index (χ4v) is 4.38. The van der Waals surface area contributed by atoms with Crippen LogP contribution in [0.5, 0.6) is 0 Å². The lowest BCUT2D eigenvalue weighted by atomic mass is 9.99. The standard InChI is InChI=1S/C16H31N3O2S.HI/c1-4-22-16(7-10-20-11-8-16)13-19-14(17-3)18-12-15(2)6-5-9-21-15;/h4-13H2,1-3H3,(H2,17,18,19);1H. The van der Waals surface area contributed by atoms with Crippen molar-refractivity contribution in [1.29, 1.82) is 0 Å². The molecule has 0 spiro atoms. The molecule has 0 aromatic carbocycles. The van der Waals surface area contributed by atoms with Crippen LogP contribution in [-0.2, 0) is 9.47 Å². The Hall–Kier alpha value is 0.270. The molecule has 2 aliphatic heterocycles. The van der Waals surface area contributed by atoms with Gasteiger partial charge in [0, 0.05) is 44.7 Å². The fraction of sp³-hybridized carbons (Fsp3) is 0.938. The van der Waals surface area contributed by atoms with Crippen molar-refractivity contribution in [2.75, 3.05) is 45.7 Å². The molecule has 2 rings (SSSR count). The van der Waals surface area contributed by atoms with Gasteiger partial charge in [0.2, 0.25) is 0 Å². The Morgan fingerprint density at radius 2 is 1.83 bits per heavy atom. The molecule has 0 aliphatic carbocycles. The third-order valence-electron chi connectivity index (χ3n) is 4.59. The van der Waals surface area contributed by atoms with Crippen molar-refractivity contribution < 1.29 is 9.47 Å². The summed E-state index contributed by atoms with van der Waals surface area (Å²) in [7, 11) is 1.83. The highest BCUT2D eigenvalue weighted by Crippen LogP contribution is 2.34. The molecule has 0 saturated carbocycles. The largest absolute Gasteiger partial charge is 0.381 e. The van der Waals surface area contributed by atoms with Crippen molar-refractivity contribution >= 4 is 41.7 Å². The first-order chi connectivity index (χ1) is 10.6. The normalized spacial score (nSPS) is 27.3. The maximum Gasteiger partial charge on any atom is 0.191 e. The minimum absolute atomic E-state index is 0. The first kappa shape index (κ1) is 21.3. The second-order valence-corrected chi connectivity index (χ2v) is 8.14. The molecule has 2 fully saturated rings. The monoisotopic (exact) mass is 457 g/mol. The number of hydrogen-bond donors (Lipinski definition) is 2. The Balaban J connectivity index is 0.00000264. The summed E-state index contributed by atoms with van der Waals surface area (Å²) in [5.41, 5.74) is -0.0495. The molecule has 5 nitrogen and oxygen atoms in total. The number of halogens is 1. The highest BCUT2D eigenvalue weighted by molar-refractivity contribution is 14.0. The molecule has 2 saturated heterocycles. The zero-order valence-electron chi connectivity index (χ0n) is 14.7. The molecule has 136 valence electrons. The van der Waals surface area contributed by atoms with Crippen LogP contribution in [0.1, 0.15) is 39.5 Å². The highest BCUT2D eigenvalue weighted by Gasteiger charge is 2.33. The summed E-state index contributed by atoms with van der Waals surface area (Å²) < 4.78 is 11.6. The van der Waals surface area contributed by atoms with E-state index in [4.69, 9.17) is 9.47 Å². The Bertz CT molecular complexity index is 365. The van der Waals surface area contributed by atoms with Crippen molar-refractivity contribution in [2.24, 2.45) is 4.99 Å². The number of thioether (sulfide) groups is 1. The number of rotatable bonds is 6. The van der Waals surface area contributed by atoms with E-state index in [9.17, 15) is 0 Å². The van der Waals surface area contributed by atoms with Crippen LogP contribution in [0.4, 0.5) is 0 Å². The molecule has 2 heterocycles. The Morgan fingerprint density at radius 3 is 2.39 bits per heavy atom. The lowest BCUT2D eigenvalue weighted by molar-refractivity contribution is 0.0242. The summed E-state index contributed by atoms with van der Waals surface area (Å²) in [5.74, 6) is 2.01. The molecule has 1 atom stereocenters. The minimum atomic E-state index is -0.0495. The number of hydrogen-bond acceptors (Lipinski definition) is 4. The molecule has 0 amide bonds. The average Bonchev–Trinajstić information content (AvgIpc) is 2.96. The molecule has 7 heteroatoms. The van der Waals surface area contributed by atoms with E-state index in [0.29, 0.717) is 0 Å². The predicted molar refractivity (Wildman–Crippen MR) is 109 cm³/mol. The van der Waals surface area contributed by atoms with Crippen LogP contribution in [0.2, 0.25) is 0 Å². The lowest BCUT2D eigenvalue weighted by Gasteiger charge is -2.37. The van der Waals surface area contributed by atoms with Crippen LogP contribution in [0.25, 0.3) is 0 Å². The third kappa shape index (κ3) is 6.59. The fourth-order valence-electron chi connectivity index (χ4n) is 3.13. The Morgan fingerprint density at radius 1 is 1.13 bits per heavy atom. The van der Waals surface area contributed by atoms with Crippen molar-refractivity contribution in [1.82, 2.24) is 10.6 Å². The van der Waals surface area contributed by atoms with Crippen LogP contribution in [0, 0.1) is 0 Å². The van der Waals surface area contributed by atoms with Gasteiger partial charge in [-0.15, -0.1) is 24.0 Å². The molecule has 0 aromatic heterocycles. The summed E-state index contributed by atoms with van der Waals surface area (Å²) in [6.07, 6.45) is 4.48. The van der Waals surface area contributed by atoms with Gasteiger partial charge in [-0.3, -0.25) is 4.99 Å². The minimum Gasteiger partial charge on any atom is -0.381 e. The predicted octanol–water partition coefficient (Wildman–Crippen LogP) is 2.64. The molecular formula is C16H32IN3O2S. The van der Waals surface area contributed by atoms with E-state index in [1.54, 1.807) is 0 Å². The van der Waals surface area contributed by atoms with Crippen LogP contribution in [0.3, 0.4) is 0 Å². The molecule has 0 aromatic rings. The van der Waals surface area contributed by atoms with E-state index in [1.165, 1.54) is 0 Å².